The Morgan fingerprint density at radius 1 is 1.45 bits per heavy atom. The molecule has 0 spiro atoms. The van der Waals surface area contributed by atoms with E-state index < -0.39 is 23.4 Å². The Bertz CT molecular complexity index is 522. The summed E-state index contributed by atoms with van der Waals surface area (Å²) in [7, 11) is 0. The summed E-state index contributed by atoms with van der Waals surface area (Å²) in [6.07, 6.45) is 1.66. The minimum absolute atomic E-state index is 0.208. The molecule has 0 bridgehead atoms. The molecule has 0 N–H and O–H groups in total. The van der Waals surface area contributed by atoms with Gasteiger partial charge in [-0.1, -0.05) is 0 Å². The largest absolute Gasteiger partial charge is 0.458 e. The molecule has 1 aliphatic rings. The number of nitrogens with zero attached hydrogens (tertiary/aromatic N) is 2. The SMILES string of the molecule is CC(C)(C)OC(=O)C1CCC(=O)N1c1ccc(F)cn1. The minimum Gasteiger partial charge on any atom is -0.458 e. The van der Waals surface area contributed by atoms with Crippen LogP contribution in [0.2, 0.25) is 0 Å². The van der Waals surface area contributed by atoms with Crippen LogP contribution in [0.15, 0.2) is 18.3 Å². The standard InChI is InChI=1S/C14H17FN2O3/c1-14(2,3)20-13(19)10-5-7-12(18)17(10)11-6-4-9(15)8-16-11/h4,6,8,10H,5,7H2,1-3H3. The van der Waals surface area contributed by atoms with E-state index in [2.05, 4.69) is 4.98 Å². The van der Waals surface area contributed by atoms with Gasteiger partial charge in [0.1, 0.15) is 23.3 Å². The van der Waals surface area contributed by atoms with Crippen molar-refractivity contribution in [3.8, 4) is 0 Å². The zero-order chi connectivity index (χ0) is 14.9. The highest BCUT2D eigenvalue weighted by molar-refractivity contribution is 6.01. The molecule has 2 rings (SSSR count). The Kier molecular flexibility index (Phi) is 3.74. The van der Waals surface area contributed by atoms with Gasteiger partial charge in [-0.15, -0.1) is 0 Å². The van der Waals surface area contributed by atoms with Crippen LogP contribution in [0.4, 0.5) is 10.2 Å². The van der Waals surface area contributed by atoms with Crippen LogP contribution < -0.4 is 4.90 Å². The van der Waals surface area contributed by atoms with Crippen molar-refractivity contribution in [3.63, 3.8) is 0 Å². The predicted molar refractivity (Wildman–Crippen MR) is 70.5 cm³/mol. The highest BCUT2D eigenvalue weighted by atomic mass is 19.1. The monoisotopic (exact) mass is 280 g/mol. The second kappa shape index (κ2) is 5.19. The summed E-state index contributed by atoms with van der Waals surface area (Å²) in [5, 5.41) is 0. The molecule has 5 nitrogen and oxygen atoms in total. The van der Waals surface area contributed by atoms with Crippen LogP contribution in [-0.4, -0.2) is 28.5 Å². The molecule has 1 amide bonds. The van der Waals surface area contributed by atoms with Crippen molar-refractivity contribution < 1.29 is 18.7 Å². The van der Waals surface area contributed by atoms with Crippen LogP contribution in [0.5, 0.6) is 0 Å². The third-order valence-electron chi connectivity index (χ3n) is 2.85. The lowest BCUT2D eigenvalue weighted by atomic mass is 10.1. The molecule has 1 fully saturated rings. The Balaban J connectivity index is 2.23. The van der Waals surface area contributed by atoms with E-state index in [9.17, 15) is 14.0 Å². The van der Waals surface area contributed by atoms with E-state index in [0.29, 0.717) is 6.42 Å². The molecule has 1 unspecified atom stereocenters. The number of pyridine rings is 1. The van der Waals surface area contributed by atoms with Crippen LogP contribution in [-0.2, 0) is 14.3 Å². The van der Waals surface area contributed by atoms with Crippen molar-refractivity contribution in [1.82, 2.24) is 4.98 Å². The van der Waals surface area contributed by atoms with Gasteiger partial charge in [-0.2, -0.15) is 0 Å². The van der Waals surface area contributed by atoms with Gasteiger partial charge in [0, 0.05) is 6.42 Å². The lowest BCUT2D eigenvalue weighted by molar-refractivity contribution is -0.156. The van der Waals surface area contributed by atoms with Gasteiger partial charge in [0.05, 0.1) is 6.20 Å². The van der Waals surface area contributed by atoms with Crippen LogP contribution >= 0.6 is 0 Å². The van der Waals surface area contributed by atoms with Gasteiger partial charge in [0.2, 0.25) is 5.91 Å². The summed E-state index contributed by atoms with van der Waals surface area (Å²) in [6, 6.07) is 1.90. The first-order valence-corrected chi connectivity index (χ1v) is 6.44. The maximum Gasteiger partial charge on any atom is 0.329 e. The Morgan fingerprint density at radius 3 is 2.70 bits per heavy atom. The molecule has 6 heteroatoms. The normalized spacial score (nSPS) is 19.3. The smallest absolute Gasteiger partial charge is 0.329 e. The van der Waals surface area contributed by atoms with E-state index in [-0.39, 0.29) is 18.1 Å². The molecule has 0 aliphatic carbocycles. The molecule has 108 valence electrons. The quantitative estimate of drug-likeness (QED) is 0.778. The van der Waals surface area contributed by atoms with E-state index in [1.807, 2.05) is 0 Å². The fourth-order valence-corrected chi connectivity index (χ4v) is 2.07. The third kappa shape index (κ3) is 3.12. The van der Waals surface area contributed by atoms with Crippen LogP contribution in [0, 0.1) is 5.82 Å². The average Bonchev–Trinajstić information content (AvgIpc) is 2.70. The van der Waals surface area contributed by atoms with Gasteiger partial charge in [0.25, 0.3) is 0 Å². The van der Waals surface area contributed by atoms with Crippen molar-refractivity contribution in [3.05, 3.63) is 24.1 Å². The lowest BCUT2D eigenvalue weighted by Crippen LogP contribution is -2.42. The fraction of sp³-hybridized carbons (Fsp3) is 0.500. The molecule has 1 aromatic heterocycles. The molecule has 1 aromatic rings. The summed E-state index contributed by atoms with van der Waals surface area (Å²) in [4.78, 5) is 29.2. The molecule has 0 aromatic carbocycles. The number of carbonyl (C=O) groups is 2. The van der Waals surface area contributed by atoms with Crippen LogP contribution in [0.3, 0.4) is 0 Å². The number of carbonyl (C=O) groups excluding carboxylic acids is 2. The molecule has 1 saturated heterocycles. The Hall–Kier alpha value is -1.98. The highest BCUT2D eigenvalue weighted by Gasteiger charge is 2.40. The zero-order valence-corrected chi connectivity index (χ0v) is 11.7. The number of anilines is 1. The van der Waals surface area contributed by atoms with Gasteiger partial charge in [-0.05, 0) is 39.3 Å². The lowest BCUT2D eigenvalue weighted by Gasteiger charge is -2.26. The number of aromatic nitrogens is 1. The van der Waals surface area contributed by atoms with Gasteiger partial charge in [-0.25, -0.2) is 14.2 Å². The van der Waals surface area contributed by atoms with Crippen molar-refractivity contribution in [2.45, 2.75) is 45.3 Å². The Labute approximate surface area is 116 Å². The third-order valence-corrected chi connectivity index (χ3v) is 2.85. The number of rotatable bonds is 2. The van der Waals surface area contributed by atoms with Gasteiger partial charge < -0.3 is 4.74 Å². The second-order valence-corrected chi connectivity index (χ2v) is 5.69. The summed E-state index contributed by atoms with van der Waals surface area (Å²) in [5.41, 5.74) is -0.620. The molecular formula is C14H17FN2O3. The van der Waals surface area contributed by atoms with Crippen LogP contribution in [0.25, 0.3) is 0 Å². The summed E-state index contributed by atoms with van der Waals surface area (Å²) >= 11 is 0. The van der Waals surface area contributed by atoms with Crippen molar-refractivity contribution in [2.75, 3.05) is 4.90 Å². The number of esters is 1. The van der Waals surface area contributed by atoms with E-state index >= 15 is 0 Å². The number of hydrogen-bond acceptors (Lipinski definition) is 4. The molecular weight excluding hydrogens is 263 g/mol. The van der Waals surface area contributed by atoms with Crippen molar-refractivity contribution in [1.29, 1.82) is 0 Å². The maximum absolute atomic E-state index is 12.9. The predicted octanol–water partition coefficient (Wildman–Crippen LogP) is 2.06. The van der Waals surface area contributed by atoms with E-state index in [1.165, 1.54) is 17.0 Å². The zero-order valence-electron chi connectivity index (χ0n) is 11.7. The first-order valence-electron chi connectivity index (χ1n) is 6.44. The van der Waals surface area contributed by atoms with Crippen molar-refractivity contribution in [2.24, 2.45) is 0 Å². The first kappa shape index (κ1) is 14.4. The minimum atomic E-state index is -0.695. The average molecular weight is 280 g/mol. The number of hydrogen-bond donors (Lipinski definition) is 0. The van der Waals surface area contributed by atoms with E-state index in [0.717, 1.165) is 6.20 Å². The van der Waals surface area contributed by atoms with Gasteiger partial charge in [0.15, 0.2) is 0 Å². The fourth-order valence-electron chi connectivity index (χ4n) is 2.07. The number of ether oxygens (including phenoxy) is 1. The van der Waals surface area contributed by atoms with Gasteiger partial charge >= 0.3 is 5.97 Å². The molecule has 20 heavy (non-hydrogen) atoms. The topological polar surface area (TPSA) is 59.5 Å². The first-order chi connectivity index (χ1) is 9.28. The highest BCUT2D eigenvalue weighted by Crippen LogP contribution is 2.27. The molecule has 1 atom stereocenters. The summed E-state index contributed by atoms with van der Waals surface area (Å²) < 4.78 is 18.2. The van der Waals surface area contributed by atoms with E-state index in [1.54, 1.807) is 20.8 Å². The summed E-state index contributed by atoms with van der Waals surface area (Å²) in [6.45, 7) is 5.30. The molecule has 1 aliphatic heterocycles. The maximum atomic E-state index is 12.9. The second-order valence-electron chi connectivity index (χ2n) is 5.69. The Morgan fingerprint density at radius 2 is 2.15 bits per heavy atom. The summed E-state index contributed by atoms with van der Waals surface area (Å²) in [5.74, 6) is -0.895. The molecule has 2 heterocycles. The van der Waals surface area contributed by atoms with Crippen molar-refractivity contribution >= 4 is 17.7 Å². The molecule has 0 radical (unpaired) electrons. The molecule has 0 saturated carbocycles. The van der Waals surface area contributed by atoms with Gasteiger partial charge in [-0.3, -0.25) is 9.69 Å². The number of amides is 1. The van der Waals surface area contributed by atoms with E-state index in [4.69, 9.17) is 4.74 Å². The number of halogens is 1. The van der Waals surface area contributed by atoms with Crippen LogP contribution in [0.1, 0.15) is 33.6 Å².